The van der Waals surface area contributed by atoms with Gasteiger partial charge in [0.2, 0.25) is 5.91 Å². The number of benzene rings is 1. The Balaban J connectivity index is 1.64. The quantitative estimate of drug-likeness (QED) is 0.802. The molecule has 3 amide bonds. The molecule has 2 aliphatic rings. The van der Waals surface area contributed by atoms with Crippen LogP contribution in [0.1, 0.15) is 59.7 Å². The van der Waals surface area contributed by atoms with Gasteiger partial charge < -0.3 is 4.90 Å². The second-order valence-electron chi connectivity index (χ2n) is 6.20. The van der Waals surface area contributed by atoms with Crippen LogP contribution in [-0.4, -0.2) is 46.7 Å². The van der Waals surface area contributed by atoms with Crippen LogP contribution in [0.2, 0.25) is 0 Å². The predicted molar refractivity (Wildman–Crippen MR) is 86.1 cm³/mol. The second kappa shape index (κ2) is 6.52. The number of amides is 3. The van der Waals surface area contributed by atoms with Crippen molar-refractivity contribution in [2.45, 2.75) is 45.1 Å². The third-order valence-corrected chi connectivity index (χ3v) is 4.85. The number of hydrogen-bond donors (Lipinski definition) is 0. The molecule has 1 aromatic rings. The monoisotopic (exact) mass is 314 g/mol. The van der Waals surface area contributed by atoms with E-state index in [0.717, 1.165) is 25.8 Å². The van der Waals surface area contributed by atoms with Crippen molar-refractivity contribution < 1.29 is 14.4 Å². The van der Waals surface area contributed by atoms with Gasteiger partial charge in [-0.05, 0) is 37.8 Å². The summed E-state index contributed by atoms with van der Waals surface area (Å²) in [5.41, 5.74) is 0.878. The molecule has 0 spiro atoms. The van der Waals surface area contributed by atoms with Crippen LogP contribution < -0.4 is 0 Å². The standard InChI is InChI=1S/C18H22N2O3/c1-2-13-7-5-6-11-19(13)16(21)10-12-20-17(22)14-8-3-4-9-15(14)18(20)23/h3-4,8-9,13H,2,5-7,10-12H2,1H3/t13-/m0/s1. The van der Waals surface area contributed by atoms with E-state index in [1.165, 1.54) is 11.3 Å². The molecule has 0 radical (unpaired) electrons. The fourth-order valence-electron chi connectivity index (χ4n) is 3.55. The zero-order valence-electron chi connectivity index (χ0n) is 13.5. The van der Waals surface area contributed by atoms with Gasteiger partial charge in [-0.3, -0.25) is 19.3 Å². The molecule has 1 saturated heterocycles. The van der Waals surface area contributed by atoms with Crippen LogP contribution in [0.25, 0.3) is 0 Å². The van der Waals surface area contributed by atoms with Crippen molar-refractivity contribution in [2.24, 2.45) is 0 Å². The Hall–Kier alpha value is -2.17. The molecule has 1 atom stereocenters. The minimum Gasteiger partial charge on any atom is -0.340 e. The van der Waals surface area contributed by atoms with Gasteiger partial charge in [0.1, 0.15) is 0 Å². The number of likely N-dealkylation sites (tertiary alicyclic amines) is 1. The van der Waals surface area contributed by atoms with Gasteiger partial charge in [-0.15, -0.1) is 0 Å². The SMILES string of the molecule is CC[C@H]1CCCCN1C(=O)CCN1C(=O)c2ccccc2C1=O. The van der Waals surface area contributed by atoms with E-state index in [4.69, 9.17) is 0 Å². The van der Waals surface area contributed by atoms with Crippen molar-refractivity contribution in [3.05, 3.63) is 35.4 Å². The van der Waals surface area contributed by atoms with Crippen molar-refractivity contribution in [1.29, 1.82) is 0 Å². The van der Waals surface area contributed by atoms with E-state index in [1.807, 2.05) is 4.90 Å². The lowest BCUT2D eigenvalue weighted by atomic mass is 9.99. The highest BCUT2D eigenvalue weighted by atomic mass is 16.2. The molecule has 1 aromatic carbocycles. The summed E-state index contributed by atoms with van der Waals surface area (Å²) < 4.78 is 0. The maximum absolute atomic E-state index is 12.5. The number of carbonyl (C=O) groups is 3. The Bertz CT molecular complexity index is 606. The lowest BCUT2D eigenvalue weighted by Crippen LogP contribution is -2.44. The van der Waals surface area contributed by atoms with Crippen LogP contribution in [0, 0.1) is 0 Å². The molecule has 2 heterocycles. The number of carbonyl (C=O) groups excluding carboxylic acids is 3. The average Bonchev–Trinajstić information content (AvgIpc) is 2.84. The first-order valence-corrected chi connectivity index (χ1v) is 8.38. The predicted octanol–water partition coefficient (Wildman–Crippen LogP) is 2.46. The molecule has 5 nitrogen and oxygen atoms in total. The van der Waals surface area contributed by atoms with E-state index < -0.39 is 0 Å². The van der Waals surface area contributed by atoms with Gasteiger partial charge in [-0.2, -0.15) is 0 Å². The van der Waals surface area contributed by atoms with Crippen LogP contribution in [0.15, 0.2) is 24.3 Å². The number of piperidine rings is 1. The lowest BCUT2D eigenvalue weighted by molar-refractivity contribution is -0.135. The summed E-state index contributed by atoms with van der Waals surface area (Å²) in [7, 11) is 0. The Labute approximate surface area is 136 Å². The molecule has 122 valence electrons. The van der Waals surface area contributed by atoms with Crippen molar-refractivity contribution in [3.8, 4) is 0 Å². The molecule has 5 heteroatoms. The molecule has 0 aliphatic carbocycles. The van der Waals surface area contributed by atoms with E-state index >= 15 is 0 Å². The molecule has 0 aromatic heterocycles. The Morgan fingerprint density at radius 3 is 2.39 bits per heavy atom. The lowest BCUT2D eigenvalue weighted by Gasteiger charge is -2.35. The number of imide groups is 1. The van der Waals surface area contributed by atoms with E-state index in [-0.39, 0.29) is 30.7 Å². The maximum Gasteiger partial charge on any atom is 0.261 e. The Kier molecular flexibility index (Phi) is 4.46. The molecular formula is C18H22N2O3. The van der Waals surface area contributed by atoms with Crippen molar-refractivity contribution in [2.75, 3.05) is 13.1 Å². The summed E-state index contributed by atoms with van der Waals surface area (Å²) >= 11 is 0. The fourth-order valence-corrected chi connectivity index (χ4v) is 3.55. The van der Waals surface area contributed by atoms with Gasteiger partial charge in [0.25, 0.3) is 11.8 Å². The van der Waals surface area contributed by atoms with Gasteiger partial charge in [0, 0.05) is 25.6 Å². The van der Waals surface area contributed by atoms with Crippen molar-refractivity contribution in [3.63, 3.8) is 0 Å². The number of rotatable bonds is 4. The first kappa shape index (κ1) is 15.7. The van der Waals surface area contributed by atoms with E-state index in [9.17, 15) is 14.4 Å². The highest BCUT2D eigenvalue weighted by Crippen LogP contribution is 2.24. The molecule has 2 aliphatic heterocycles. The first-order chi connectivity index (χ1) is 11.1. The van der Waals surface area contributed by atoms with Crippen LogP contribution in [0.3, 0.4) is 0 Å². The second-order valence-corrected chi connectivity index (χ2v) is 6.20. The third-order valence-electron chi connectivity index (χ3n) is 4.85. The van der Waals surface area contributed by atoms with Crippen LogP contribution >= 0.6 is 0 Å². The van der Waals surface area contributed by atoms with Gasteiger partial charge >= 0.3 is 0 Å². The summed E-state index contributed by atoms with van der Waals surface area (Å²) in [5.74, 6) is -0.527. The highest BCUT2D eigenvalue weighted by molar-refractivity contribution is 6.21. The van der Waals surface area contributed by atoms with Crippen molar-refractivity contribution in [1.82, 2.24) is 9.80 Å². The molecular weight excluding hydrogens is 292 g/mol. The fraction of sp³-hybridized carbons (Fsp3) is 0.500. The van der Waals surface area contributed by atoms with Crippen LogP contribution in [0.5, 0.6) is 0 Å². The largest absolute Gasteiger partial charge is 0.340 e. The minimum atomic E-state index is -0.288. The van der Waals surface area contributed by atoms with Crippen molar-refractivity contribution >= 4 is 17.7 Å². The number of hydrogen-bond acceptors (Lipinski definition) is 3. The summed E-state index contributed by atoms with van der Waals surface area (Å²) in [6, 6.07) is 7.12. The topological polar surface area (TPSA) is 57.7 Å². The molecule has 0 N–H and O–H groups in total. The molecule has 1 fully saturated rings. The number of nitrogens with zero attached hydrogens (tertiary/aromatic N) is 2. The maximum atomic E-state index is 12.5. The van der Waals surface area contributed by atoms with Gasteiger partial charge in [0.05, 0.1) is 11.1 Å². The summed E-state index contributed by atoms with van der Waals surface area (Å²) in [5, 5.41) is 0. The molecule has 23 heavy (non-hydrogen) atoms. The molecule has 0 unspecified atom stereocenters. The summed E-state index contributed by atoms with van der Waals surface area (Å²) in [6.45, 7) is 3.05. The zero-order chi connectivity index (χ0) is 16.4. The Morgan fingerprint density at radius 2 is 1.78 bits per heavy atom. The first-order valence-electron chi connectivity index (χ1n) is 8.38. The van der Waals surface area contributed by atoms with Crippen LogP contribution in [0.4, 0.5) is 0 Å². The average molecular weight is 314 g/mol. The smallest absolute Gasteiger partial charge is 0.261 e. The normalized spacial score (nSPS) is 20.8. The van der Waals surface area contributed by atoms with Gasteiger partial charge in [-0.1, -0.05) is 19.1 Å². The molecule has 0 bridgehead atoms. The van der Waals surface area contributed by atoms with E-state index in [1.54, 1.807) is 24.3 Å². The minimum absolute atomic E-state index is 0.0492. The van der Waals surface area contributed by atoms with Gasteiger partial charge in [-0.25, -0.2) is 0 Å². The zero-order valence-corrected chi connectivity index (χ0v) is 13.5. The third kappa shape index (κ3) is 2.87. The number of fused-ring (bicyclic) bond motifs is 1. The van der Waals surface area contributed by atoms with Crippen LogP contribution in [-0.2, 0) is 4.79 Å². The van der Waals surface area contributed by atoms with E-state index in [0.29, 0.717) is 17.2 Å². The summed E-state index contributed by atoms with van der Waals surface area (Å²) in [6.07, 6.45) is 4.42. The summed E-state index contributed by atoms with van der Waals surface area (Å²) in [4.78, 5) is 40.2. The molecule has 3 rings (SSSR count). The highest BCUT2D eigenvalue weighted by Gasteiger charge is 2.35. The van der Waals surface area contributed by atoms with E-state index in [2.05, 4.69) is 6.92 Å². The Morgan fingerprint density at radius 1 is 1.13 bits per heavy atom. The van der Waals surface area contributed by atoms with Gasteiger partial charge in [0.15, 0.2) is 0 Å². The molecule has 0 saturated carbocycles.